The smallest absolute Gasteiger partial charge is 0.370 e. The molecule has 1 N–H and O–H groups in total. The van der Waals surface area contributed by atoms with E-state index in [-0.39, 0.29) is 5.82 Å². The first-order valence-electron chi connectivity index (χ1n) is 5.68. The van der Waals surface area contributed by atoms with E-state index in [0.717, 1.165) is 5.69 Å². The molecule has 1 aromatic heterocycles. The standard InChI is InChI=1S/C12H12F3N3O/c13-12(14,15)10(19)7-11-17-5-6-18(11)8-9-3-1-2-4-16-9/h1-4,7,17H,5-6,8H2. The second kappa shape index (κ2) is 5.29. The lowest BCUT2D eigenvalue weighted by atomic mass is 10.3. The van der Waals surface area contributed by atoms with E-state index in [2.05, 4.69) is 10.3 Å². The molecule has 0 aromatic carbocycles. The first kappa shape index (κ1) is 13.4. The van der Waals surface area contributed by atoms with Crippen LogP contribution in [-0.2, 0) is 11.3 Å². The van der Waals surface area contributed by atoms with Crippen LogP contribution in [0, 0.1) is 0 Å². The average Bonchev–Trinajstić information content (AvgIpc) is 2.77. The molecule has 102 valence electrons. The van der Waals surface area contributed by atoms with Gasteiger partial charge in [0.15, 0.2) is 0 Å². The van der Waals surface area contributed by atoms with Gasteiger partial charge < -0.3 is 10.2 Å². The Labute approximate surface area is 107 Å². The third-order valence-electron chi connectivity index (χ3n) is 2.65. The molecule has 0 radical (unpaired) electrons. The summed E-state index contributed by atoms with van der Waals surface area (Å²) >= 11 is 0. The number of rotatable bonds is 3. The fourth-order valence-corrected chi connectivity index (χ4v) is 1.75. The molecule has 2 heterocycles. The summed E-state index contributed by atoms with van der Waals surface area (Å²) in [6.07, 6.45) is -2.63. The number of nitrogens with one attached hydrogen (secondary N) is 1. The summed E-state index contributed by atoms with van der Waals surface area (Å²) in [5, 5.41) is 2.77. The van der Waals surface area contributed by atoms with Crippen molar-refractivity contribution in [2.75, 3.05) is 13.1 Å². The molecule has 1 aliphatic heterocycles. The van der Waals surface area contributed by atoms with Gasteiger partial charge in [0.25, 0.3) is 5.78 Å². The number of aromatic nitrogens is 1. The summed E-state index contributed by atoms with van der Waals surface area (Å²) in [6.45, 7) is 1.40. The van der Waals surface area contributed by atoms with Crippen LogP contribution < -0.4 is 5.32 Å². The van der Waals surface area contributed by atoms with Gasteiger partial charge in [-0.15, -0.1) is 0 Å². The molecular weight excluding hydrogens is 259 g/mol. The molecule has 1 saturated heterocycles. The second-order valence-electron chi connectivity index (χ2n) is 4.06. The fourth-order valence-electron chi connectivity index (χ4n) is 1.75. The Balaban J connectivity index is 2.09. The summed E-state index contributed by atoms with van der Waals surface area (Å²) in [4.78, 5) is 16.7. The number of allylic oxidation sites excluding steroid dienone is 1. The highest BCUT2D eigenvalue weighted by molar-refractivity contribution is 5.94. The summed E-state index contributed by atoms with van der Waals surface area (Å²) in [7, 11) is 0. The highest BCUT2D eigenvalue weighted by Gasteiger charge is 2.37. The summed E-state index contributed by atoms with van der Waals surface area (Å²) < 4.78 is 36.6. The van der Waals surface area contributed by atoms with Crippen LogP contribution in [0.5, 0.6) is 0 Å². The van der Waals surface area contributed by atoms with Gasteiger partial charge in [-0.25, -0.2) is 0 Å². The van der Waals surface area contributed by atoms with E-state index in [4.69, 9.17) is 0 Å². The summed E-state index contributed by atoms with van der Waals surface area (Å²) in [5.74, 6) is -1.67. The molecule has 0 amide bonds. The molecule has 1 aromatic rings. The molecule has 0 saturated carbocycles. The van der Waals surface area contributed by atoms with Crippen molar-refractivity contribution in [3.8, 4) is 0 Å². The van der Waals surface area contributed by atoms with Gasteiger partial charge in [0.2, 0.25) is 0 Å². The van der Waals surface area contributed by atoms with Crippen LogP contribution >= 0.6 is 0 Å². The maximum atomic E-state index is 12.2. The number of hydrogen-bond donors (Lipinski definition) is 1. The van der Waals surface area contributed by atoms with Crippen molar-refractivity contribution >= 4 is 5.78 Å². The van der Waals surface area contributed by atoms with Crippen LogP contribution in [-0.4, -0.2) is 34.9 Å². The van der Waals surface area contributed by atoms with Crippen LogP contribution in [0.2, 0.25) is 0 Å². The lowest BCUT2D eigenvalue weighted by Gasteiger charge is -2.18. The van der Waals surface area contributed by atoms with E-state index in [1.807, 2.05) is 0 Å². The van der Waals surface area contributed by atoms with Crippen LogP contribution in [0.1, 0.15) is 5.69 Å². The molecule has 0 atom stereocenters. The summed E-state index contributed by atoms with van der Waals surface area (Å²) in [5.41, 5.74) is 0.733. The van der Waals surface area contributed by atoms with Crippen molar-refractivity contribution in [3.05, 3.63) is 42.0 Å². The maximum Gasteiger partial charge on any atom is 0.454 e. The second-order valence-corrected chi connectivity index (χ2v) is 4.06. The Morgan fingerprint density at radius 2 is 2.26 bits per heavy atom. The first-order chi connectivity index (χ1) is 8.97. The Kier molecular flexibility index (Phi) is 3.73. The number of nitrogens with zero attached hydrogens (tertiary/aromatic N) is 2. The minimum Gasteiger partial charge on any atom is -0.370 e. The van der Waals surface area contributed by atoms with E-state index in [1.54, 1.807) is 29.3 Å². The number of alkyl halides is 3. The molecule has 0 bridgehead atoms. The highest BCUT2D eigenvalue weighted by atomic mass is 19.4. The molecule has 0 aliphatic carbocycles. The minimum absolute atomic E-state index is 0.188. The van der Waals surface area contributed by atoms with Crippen molar-refractivity contribution in [2.24, 2.45) is 0 Å². The zero-order valence-electron chi connectivity index (χ0n) is 9.94. The molecular formula is C12H12F3N3O. The zero-order valence-corrected chi connectivity index (χ0v) is 9.94. The lowest BCUT2D eigenvalue weighted by molar-refractivity contribution is -0.165. The molecule has 19 heavy (non-hydrogen) atoms. The van der Waals surface area contributed by atoms with Gasteiger partial charge in [0.1, 0.15) is 5.82 Å². The van der Waals surface area contributed by atoms with Gasteiger partial charge in [-0.05, 0) is 12.1 Å². The number of halogens is 3. The molecule has 2 rings (SSSR count). The number of carbonyl (C=O) groups excluding carboxylic acids is 1. The molecule has 1 fully saturated rings. The van der Waals surface area contributed by atoms with E-state index >= 15 is 0 Å². The monoisotopic (exact) mass is 271 g/mol. The summed E-state index contributed by atoms with van der Waals surface area (Å²) in [6, 6.07) is 5.34. The molecule has 1 aliphatic rings. The highest BCUT2D eigenvalue weighted by Crippen LogP contribution is 2.19. The van der Waals surface area contributed by atoms with Gasteiger partial charge in [0, 0.05) is 25.4 Å². The largest absolute Gasteiger partial charge is 0.454 e. The third-order valence-corrected chi connectivity index (χ3v) is 2.65. The maximum absolute atomic E-state index is 12.2. The van der Waals surface area contributed by atoms with E-state index < -0.39 is 12.0 Å². The van der Waals surface area contributed by atoms with Gasteiger partial charge in [0.05, 0.1) is 12.2 Å². The normalized spacial score (nSPS) is 17.6. The van der Waals surface area contributed by atoms with Gasteiger partial charge >= 0.3 is 6.18 Å². The Hall–Kier alpha value is -2.05. The predicted molar refractivity (Wildman–Crippen MR) is 61.8 cm³/mol. The fraction of sp³-hybridized carbons (Fsp3) is 0.333. The minimum atomic E-state index is -4.84. The Morgan fingerprint density at radius 3 is 2.89 bits per heavy atom. The number of pyridine rings is 1. The topological polar surface area (TPSA) is 45.2 Å². The van der Waals surface area contributed by atoms with Crippen LogP contribution in [0.15, 0.2) is 36.3 Å². The number of carbonyl (C=O) groups is 1. The average molecular weight is 271 g/mol. The van der Waals surface area contributed by atoms with Gasteiger partial charge in [-0.2, -0.15) is 13.2 Å². The number of ketones is 1. The van der Waals surface area contributed by atoms with Crippen LogP contribution in [0.25, 0.3) is 0 Å². The van der Waals surface area contributed by atoms with E-state index in [0.29, 0.717) is 25.7 Å². The number of hydrogen-bond acceptors (Lipinski definition) is 4. The molecule has 4 nitrogen and oxygen atoms in total. The Bertz CT molecular complexity index is 485. The molecule has 0 spiro atoms. The van der Waals surface area contributed by atoms with Gasteiger partial charge in [-0.1, -0.05) is 6.07 Å². The lowest BCUT2D eigenvalue weighted by Crippen LogP contribution is -2.26. The van der Waals surface area contributed by atoms with Crippen molar-refractivity contribution in [1.82, 2.24) is 15.2 Å². The first-order valence-corrected chi connectivity index (χ1v) is 5.68. The van der Waals surface area contributed by atoms with Crippen molar-refractivity contribution < 1.29 is 18.0 Å². The Morgan fingerprint density at radius 1 is 1.47 bits per heavy atom. The zero-order chi connectivity index (χ0) is 13.9. The van der Waals surface area contributed by atoms with Crippen LogP contribution in [0.3, 0.4) is 0 Å². The van der Waals surface area contributed by atoms with Crippen molar-refractivity contribution in [2.45, 2.75) is 12.7 Å². The SMILES string of the molecule is O=C(C=C1NCCN1Cc1ccccn1)C(F)(F)F. The van der Waals surface area contributed by atoms with E-state index in [1.165, 1.54) is 0 Å². The van der Waals surface area contributed by atoms with Crippen molar-refractivity contribution in [3.63, 3.8) is 0 Å². The molecule has 7 heteroatoms. The van der Waals surface area contributed by atoms with Gasteiger partial charge in [-0.3, -0.25) is 9.78 Å². The van der Waals surface area contributed by atoms with Crippen molar-refractivity contribution in [1.29, 1.82) is 0 Å². The van der Waals surface area contributed by atoms with E-state index in [9.17, 15) is 18.0 Å². The predicted octanol–water partition coefficient (Wildman–Crippen LogP) is 1.46. The third kappa shape index (κ3) is 3.46. The molecule has 0 unspecified atom stereocenters. The quantitative estimate of drug-likeness (QED) is 0.845. The van der Waals surface area contributed by atoms with Crippen LogP contribution in [0.4, 0.5) is 13.2 Å².